The number of aromatic nitrogens is 1. The van der Waals surface area contributed by atoms with Crippen LogP contribution in [0.25, 0.3) is 0 Å². The molecule has 0 bridgehead atoms. The summed E-state index contributed by atoms with van der Waals surface area (Å²) < 4.78 is 7.41. The molecule has 0 atom stereocenters. The molecular formula is C10H17NO2. The highest BCUT2D eigenvalue weighted by atomic mass is 16.5. The summed E-state index contributed by atoms with van der Waals surface area (Å²) in [6.45, 7) is 5.63. The zero-order valence-electron chi connectivity index (χ0n) is 8.23. The second kappa shape index (κ2) is 5.04. The Labute approximate surface area is 78.9 Å². The van der Waals surface area contributed by atoms with Crippen molar-refractivity contribution in [3.8, 4) is 0 Å². The lowest BCUT2D eigenvalue weighted by atomic mass is 10.4. The van der Waals surface area contributed by atoms with Crippen molar-refractivity contribution in [3.63, 3.8) is 0 Å². The van der Waals surface area contributed by atoms with Crippen molar-refractivity contribution in [3.05, 3.63) is 24.0 Å². The molecule has 0 saturated carbocycles. The second-order valence-corrected chi connectivity index (χ2v) is 3.27. The number of hydrogen-bond acceptors (Lipinski definition) is 2. The lowest BCUT2D eigenvalue weighted by Gasteiger charge is -2.10. The molecule has 1 aromatic heterocycles. The highest BCUT2D eigenvalue weighted by Gasteiger charge is 1.99. The van der Waals surface area contributed by atoms with E-state index in [1.165, 1.54) is 0 Å². The number of hydrogen-bond donors (Lipinski definition) is 1. The Hall–Kier alpha value is -0.800. The Bertz CT molecular complexity index is 243. The fourth-order valence-corrected chi connectivity index (χ4v) is 1.20. The summed E-state index contributed by atoms with van der Waals surface area (Å²) in [6, 6.07) is 3.84. The lowest BCUT2D eigenvalue weighted by molar-refractivity contribution is 0.0718. The molecule has 13 heavy (non-hydrogen) atoms. The summed E-state index contributed by atoms with van der Waals surface area (Å²) in [4.78, 5) is 0. The zero-order valence-corrected chi connectivity index (χ0v) is 8.23. The van der Waals surface area contributed by atoms with Gasteiger partial charge in [0.05, 0.1) is 19.3 Å². The molecule has 0 saturated heterocycles. The standard InChI is InChI=1S/C10H17NO2/c1-9(2)13-7-6-11-5-3-4-10(11)8-12/h3-5,9,12H,6-8H2,1-2H3. The van der Waals surface area contributed by atoms with Gasteiger partial charge in [0.15, 0.2) is 0 Å². The number of aliphatic hydroxyl groups excluding tert-OH is 1. The Morgan fingerprint density at radius 1 is 1.54 bits per heavy atom. The van der Waals surface area contributed by atoms with Gasteiger partial charge >= 0.3 is 0 Å². The smallest absolute Gasteiger partial charge is 0.0832 e. The monoisotopic (exact) mass is 183 g/mol. The number of nitrogens with zero attached hydrogens (tertiary/aromatic N) is 1. The number of aliphatic hydroxyl groups is 1. The maximum absolute atomic E-state index is 8.95. The predicted octanol–water partition coefficient (Wildman–Crippen LogP) is 1.41. The van der Waals surface area contributed by atoms with Crippen LogP contribution in [0.3, 0.4) is 0 Å². The third-order valence-corrected chi connectivity index (χ3v) is 1.87. The Morgan fingerprint density at radius 3 is 2.92 bits per heavy atom. The molecule has 1 aromatic rings. The zero-order chi connectivity index (χ0) is 9.68. The Morgan fingerprint density at radius 2 is 2.31 bits per heavy atom. The van der Waals surface area contributed by atoms with Gasteiger partial charge in [-0.3, -0.25) is 0 Å². The largest absolute Gasteiger partial charge is 0.390 e. The van der Waals surface area contributed by atoms with E-state index in [0.29, 0.717) is 6.61 Å². The Balaban J connectivity index is 2.36. The molecule has 0 radical (unpaired) electrons. The van der Waals surface area contributed by atoms with Gasteiger partial charge in [0.25, 0.3) is 0 Å². The molecule has 0 aromatic carbocycles. The summed E-state index contributed by atoms with van der Waals surface area (Å²) in [6.07, 6.45) is 2.23. The molecule has 1 rings (SSSR count). The first kappa shape index (κ1) is 10.3. The van der Waals surface area contributed by atoms with E-state index in [9.17, 15) is 0 Å². The van der Waals surface area contributed by atoms with E-state index in [2.05, 4.69) is 0 Å². The van der Waals surface area contributed by atoms with Gasteiger partial charge in [0.2, 0.25) is 0 Å². The van der Waals surface area contributed by atoms with Crippen LogP contribution in [0.5, 0.6) is 0 Å². The summed E-state index contributed by atoms with van der Waals surface area (Å²) in [5.41, 5.74) is 0.937. The van der Waals surface area contributed by atoms with Crippen molar-refractivity contribution in [1.82, 2.24) is 4.57 Å². The van der Waals surface area contributed by atoms with Gasteiger partial charge in [0.1, 0.15) is 0 Å². The summed E-state index contributed by atoms with van der Waals surface area (Å²) in [7, 11) is 0. The highest BCUT2D eigenvalue weighted by Crippen LogP contribution is 2.02. The molecule has 0 aliphatic carbocycles. The molecule has 0 amide bonds. The molecule has 0 spiro atoms. The van der Waals surface area contributed by atoms with Gasteiger partial charge in [-0.1, -0.05) is 0 Å². The van der Waals surface area contributed by atoms with Crippen LogP contribution < -0.4 is 0 Å². The predicted molar refractivity (Wildman–Crippen MR) is 51.4 cm³/mol. The van der Waals surface area contributed by atoms with Crippen molar-refractivity contribution < 1.29 is 9.84 Å². The molecular weight excluding hydrogens is 166 g/mol. The lowest BCUT2D eigenvalue weighted by Crippen LogP contribution is -2.11. The van der Waals surface area contributed by atoms with E-state index in [4.69, 9.17) is 9.84 Å². The fourth-order valence-electron chi connectivity index (χ4n) is 1.20. The topological polar surface area (TPSA) is 34.4 Å². The van der Waals surface area contributed by atoms with Gasteiger partial charge in [-0.05, 0) is 26.0 Å². The fraction of sp³-hybridized carbons (Fsp3) is 0.600. The number of rotatable bonds is 5. The minimum Gasteiger partial charge on any atom is -0.390 e. The molecule has 3 nitrogen and oxygen atoms in total. The second-order valence-electron chi connectivity index (χ2n) is 3.27. The van der Waals surface area contributed by atoms with Crippen LogP contribution in [0.2, 0.25) is 0 Å². The third-order valence-electron chi connectivity index (χ3n) is 1.87. The quantitative estimate of drug-likeness (QED) is 0.749. The summed E-state index contributed by atoms with van der Waals surface area (Å²) >= 11 is 0. The number of ether oxygens (including phenoxy) is 1. The van der Waals surface area contributed by atoms with Crippen molar-refractivity contribution >= 4 is 0 Å². The van der Waals surface area contributed by atoms with E-state index in [1.54, 1.807) is 0 Å². The van der Waals surface area contributed by atoms with E-state index in [0.717, 1.165) is 12.2 Å². The molecule has 0 unspecified atom stereocenters. The highest BCUT2D eigenvalue weighted by molar-refractivity contribution is 5.05. The van der Waals surface area contributed by atoms with Crippen LogP contribution in [0.4, 0.5) is 0 Å². The minimum atomic E-state index is 0.0919. The van der Waals surface area contributed by atoms with Crippen molar-refractivity contribution in [2.75, 3.05) is 6.61 Å². The first-order valence-electron chi connectivity index (χ1n) is 4.60. The summed E-state index contributed by atoms with van der Waals surface area (Å²) in [5.74, 6) is 0. The third kappa shape index (κ3) is 3.20. The van der Waals surface area contributed by atoms with Crippen molar-refractivity contribution in [2.45, 2.75) is 33.1 Å². The van der Waals surface area contributed by atoms with E-state index < -0.39 is 0 Å². The first-order valence-corrected chi connectivity index (χ1v) is 4.60. The van der Waals surface area contributed by atoms with Crippen LogP contribution in [0.15, 0.2) is 18.3 Å². The van der Waals surface area contributed by atoms with Crippen LogP contribution >= 0.6 is 0 Å². The van der Waals surface area contributed by atoms with E-state index in [1.807, 2.05) is 36.7 Å². The van der Waals surface area contributed by atoms with Crippen LogP contribution in [0, 0.1) is 0 Å². The normalized spacial score (nSPS) is 11.1. The maximum Gasteiger partial charge on any atom is 0.0832 e. The minimum absolute atomic E-state index is 0.0919. The van der Waals surface area contributed by atoms with E-state index >= 15 is 0 Å². The molecule has 1 heterocycles. The van der Waals surface area contributed by atoms with Crippen LogP contribution in [0.1, 0.15) is 19.5 Å². The van der Waals surface area contributed by atoms with Crippen LogP contribution in [-0.2, 0) is 17.9 Å². The van der Waals surface area contributed by atoms with Gasteiger partial charge in [-0.25, -0.2) is 0 Å². The van der Waals surface area contributed by atoms with Gasteiger partial charge in [-0.2, -0.15) is 0 Å². The molecule has 74 valence electrons. The van der Waals surface area contributed by atoms with Crippen LogP contribution in [-0.4, -0.2) is 22.4 Å². The molecule has 0 fully saturated rings. The first-order chi connectivity index (χ1) is 6.24. The Kier molecular flexibility index (Phi) is 3.99. The van der Waals surface area contributed by atoms with Gasteiger partial charge < -0.3 is 14.4 Å². The molecule has 0 aliphatic heterocycles. The van der Waals surface area contributed by atoms with Gasteiger partial charge in [-0.15, -0.1) is 0 Å². The average Bonchev–Trinajstić information content (AvgIpc) is 2.51. The van der Waals surface area contributed by atoms with Crippen molar-refractivity contribution in [1.29, 1.82) is 0 Å². The molecule has 1 N–H and O–H groups in total. The molecule has 3 heteroatoms. The van der Waals surface area contributed by atoms with Crippen molar-refractivity contribution in [2.24, 2.45) is 0 Å². The van der Waals surface area contributed by atoms with E-state index in [-0.39, 0.29) is 12.7 Å². The molecule has 0 aliphatic rings. The average molecular weight is 183 g/mol. The van der Waals surface area contributed by atoms with Gasteiger partial charge in [0, 0.05) is 18.4 Å². The SMILES string of the molecule is CC(C)OCCn1cccc1CO. The maximum atomic E-state index is 8.95. The summed E-state index contributed by atoms with van der Waals surface area (Å²) in [5, 5.41) is 8.95.